The molecule has 1 heterocycles. The Balaban J connectivity index is 1.83. The molecule has 3 aromatic rings. The largest absolute Gasteiger partial charge is 0.325 e. The third-order valence-corrected chi connectivity index (χ3v) is 9.51. The Hall–Kier alpha value is -2.45. The zero-order valence-electron chi connectivity index (χ0n) is 19.9. The number of thioether (sulfide) groups is 1. The molecule has 3 N–H and O–H groups in total. The number of nitrogens with zero attached hydrogens (tertiary/aromatic N) is 3. The van der Waals surface area contributed by atoms with Gasteiger partial charge in [0.05, 0.1) is 26.1 Å². The maximum absolute atomic E-state index is 12.9. The summed E-state index contributed by atoms with van der Waals surface area (Å²) in [6.07, 6.45) is 0. The first kappa shape index (κ1) is 27.1. The highest BCUT2D eigenvalue weighted by molar-refractivity contribution is 8.00. The van der Waals surface area contributed by atoms with Crippen molar-refractivity contribution < 1.29 is 21.6 Å². The highest BCUT2D eigenvalue weighted by Crippen LogP contribution is 2.30. The van der Waals surface area contributed by atoms with Crippen LogP contribution < -0.4 is 10.5 Å². The molecule has 3 rings (SSSR count). The molecule has 0 aliphatic heterocycles. The SMILES string of the molecule is CCN(CC)S(=O)(=O)c1ccc2c(c1)nc(SC(C)C(=O)Nc1ccc(S(N)(=O)=O)cc1)n2CC. The topological polar surface area (TPSA) is 144 Å². The van der Waals surface area contributed by atoms with Crippen molar-refractivity contribution >= 4 is 54.4 Å². The molecule has 1 amide bonds. The maximum atomic E-state index is 12.9. The highest BCUT2D eigenvalue weighted by atomic mass is 32.2. The molecular formula is C22H29N5O5S3. The summed E-state index contributed by atoms with van der Waals surface area (Å²) < 4.78 is 51.9. The third-order valence-electron chi connectivity index (χ3n) is 5.45. The number of hydrogen-bond donors (Lipinski definition) is 2. The lowest BCUT2D eigenvalue weighted by Crippen LogP contribution is -2.30. The van der Waals surface area contributed by atoms with Gasteiger partial charge in [-0.05, 0) is 56.3 Å². The number of amides is 1. The van der Waals surface area contributed by atoms with Gasteiger partial charge in [-0.1, -0.05) is 25.6 Å². The molecule has 0 radical (unpaired) electrons. The first-order chi connectivity index (χ1) is 16.4. The number of primary sulfonamides is 1. The van der Waals surface area contributed by atoms with Gasteiger partial charge in [-0.25, -0.2) is 27.0 Å². The second kappa shape index (κ2) is 10.7. The number of carbonyl (C=O) groups excluding carboxylic acids is 1. The maximum Gasteiger partial charge on any atom is 0.243 e. The van der Waals surface area contributed by atoms with Gasteiger partial charge in [-0.3, -0.25) is 4.79 Å². The third kappa shape index (κ3) is 5.86. The van der Waals surface area contributed by atoms with Crippen LogP contribution in [0.5, 0.6) is 0 Å². The zero-order valence-corrected chi connectivity index (χ0v) is 22.4. The van der Waals surface area contributed by atoms with Crippen LogP contribution in [0.2, 0.25) is 0 Å². The fourth-order valence-corrected chi connectivity index (χ4v) is 6.52. The van der Waals surface area contributed by atoms with E-state index in [-0.39, 0.29) is 15.7 Å². The molecule has 0 aliphatic rings. The van der Waals surface area contributed by atoms with Crippen LogP contribution in [-0.2, 0) is 31.4 Å². The molecule has 35 heavy (non-hydrogen) atoms. The number of nitrogens with one attached hydrogen (secondary N) is 1. The molecule has 2 aromatic carbocycles. The van der Waals surface area contributed by atoms with Crippen LogP contribution in [0.1, 0.15) is 27.7 Å². The minimum Gasteiger partial charge on any atom is -0.325 e. The van der Waals surface area contributed by atoms with Gasteiger partial charge < -0.3 is 9.88 Å². The smallest absolute Gasteiger partial charge is 0.243 e. The average molecular weight is 540 g/mol. The van der Waals surface area contributed by atoms with Crippen LogP contribution in [0.15, 0.2) is 57.4 Å². The van der Waals surface area contributed by atoms with E-state index in [1.165, 1.54) is 40.3 Å². The van der Waals surface area contributed by atoms with E-state index < -0.39 is 25.3 Å². The van der Waals surface area contributed by atoms with Crippen molar-refractivity contribution in [2.24, 2.45) is 5.14 Å². The van der Waals surface area contributed by atoms with Gasteiger partial charge in [0.2, 0.25) is 26.0 Å². The molecule has 10 nitrogen and oxygen atoms in total. The number of nitrogens with two attached hydrogens (primary N) is 1. The van der Waals surface area contributed by atoms with Crippen molar-refractivity contribution in [3.05, 3.63) is 42.5 Å². The van der Waals surface area contributed by atoms with Crippen molar-refractivity contribution in [2.45, 2.75) is 54.4 Å². The minimum absolute atomic E-state index is 0.0445. The second-order valence-electron chi connectivity index (χ2n) is 7.70. The Morgan fingerprint density at radius 1 is 1.06 bits per heavy atom. The van der Waals surface area contributed by atoms with E-state index in [1.54, 1.807) is 39.0 Å². The molecular weight excluding hydrogens is 510 g/mol. The second-order valence-corrected chi connectivity index (χ2v) is 12.5. The van der Waals surface area contributed by atoms with E-state index in [0.717, 1.165) is 5.52 Å². The number of aryl methyl sites for hydroxylation is 1. The first-order valence-corrected chi connectivity index (χ1v) is 14.9. The number of hydrogen-bond acceptors (Lipinski definition) is 7. The van der Waals surface area contributed by atoms with E-state index >= 15 is 0 Å². The Morgan fingerprint density at radius 2 is 1.66 bits per heavy atom. The van der Waals surface area contributed by atoms with E-state index in [4.69, 9.17) is 5.14 Å². The van der Waals surface area contributed by atoms with Crippen molar-refractivity contribution in [3.8, 4) is 0 Å². The van der Waals surface area contributed by atoms with Crippen LogP contribution >= 0.6 is 11.8 Å². The van der Waals surface area contributed by atoms with Crippen LogP contribution in [0.3, 0.4) is 0 Å². The summed E-state index contributed by atoms with van der Waals surface area (Å²) in [4.78, 5) is 17.5. The van der Waals surface area contributed by atoms with Crippen molar-refractivity contribution in [1.82, 2.24) is 13.9 Å². The molecule has 0 saturated heterocycles. The number of fused-ring (bicyclic) bond motifs is 1. The van der Waals surface area contributed by atoms with Gasteiger partial charge in [0.25, 0.3) is 0 Å². The van der Waals surface area contributed by atoms with Crippen LogP contribution in [-0.4, -0.2) is 54.9 Å². The van der Waals surface area contributed by atoms with Gasteiger partial charge in [0, 0.05) is 25.3 Å². The predicted molar refractivity (Wildman–Crippen MR) is 137 cm³/mol. The fraction of sp³-hybridized carbons (Fsp3) is 0.364. The summed E-state index contributed by atoms with van der Waals surface area (Å²) in [5, 5.41) is 7.91. The summed E-state index contributed by atoms with van der Waals surface area (Å²) in [6.45, 7) is 8.60. The van der Waals surface area contributed by atoms with Gasteiger partial charge >= 0.3 is 0 Å². The molecule has 190 valence electrons. The number of sulfonamides is 2. The molecule has 0 spiro atoms. The molecule has 0 aliphatic carbocycles. The molecule has 0 bridgehead atoms. The monoisotopic (exact) mass is 539 g/mol. The number of anilines is 1. The van der Waals surface area contributed by atoms with Crippen LogP contribution in [0.25, 0.3) is 11.0 Å². The molecule has 13 heteroatoms. The lowest BCUT2D eigenvalue weighted by molar-refractivity contribution is -0.115. The van der Waals surface area contributed by atoms with E-state index in [1.807, 2.05) is 11.5 Å². The van der Waals surface area contributed by atoms with Crippen molar-refractivity contribution in [1.29, 1.82) is 0 Å². The average Bonchev–Trinajstić information content (AvgIpc) is 3.15. The molecule has 0 fully saturated rings. The zero-order chi connectivity index (χ0) is 26.0. The standard InChI is InChI=1S/C22H29N5O5S3/c1-5-26(6-2)35(31,32)18-12-13-20-19(14-18)25-22(27(20)7-3)33-15(4)21(28)24-16-8-10-17(11-9-16)34(23,29)30/h8-15H,5-7H2,1-4H3,(H,24,28)(H2,23,29,30). The number of carbonyl (C=O) groups is 1. The molecule has 1 atom stereocenters. The van der Waals surface area contributed by atoms with Gasteiger partial charge in [0.15, 0.2) is 5.16 Å². The van der Waals surface area contributed by atoms with Crippen molar-refractivity contribution in [3.63, 3.8) is 0 Å². The summed E-state index contributed by atoms with van der Waals surface area (Å²) in [5.74, 6) is -0.294. The highest BCUT2D eigenvalue weighted by Gasteiger charge is 2.24. The van der Waals surface area contributed by atoms with Gasteiger partial charge in [-0.2, -0.15) is 4.31 Å². The minimum atomic E-state index is -3.81. The predicted octanol–water partition coefficient (Wildman–Crippen LogP) is 2.85. The quantitative estimate of drug-likeness (QED) is 0.377. The number of aromatic nitrogens is 2. The van der Waals surface area contributed by atoms with E-state index in [9.17, 15) is 21.6 Å². The lowest BCUT2D eigenvalue weighted by Gasteiger charge is -2.18. The Kier molecular flexibility index (Phi) is 8.27. The van der Waals surface area contributed by atoms with Gasteiger partial charge in [-0.15, -0.1) is 0 Å². The van der Waals surface area contributed by atoms with Crippen molar-refractivity contribution in [2.75, 3.05) is 18.4 Å². The molecule has 1 unspecified atom stereocenters. The van der Waals surface area contributed by atoms with Crippen LogP contribution in [0.4, 0.5) is 5.69 Å². The molecule has 0 saturated carbocycles. The Labute approximate surface area is 210 Å². The first-order valence-electron chi connectivity index (χ1n) is 11.0. The van der Waals surface area contributed by atoms with Crippen LogP contribution in [0, 0.1) is 0 Å². The van der Waals surface area contributed by atoms with E-state index in [0.29, 0.717) is 36.0 Å². The van der Waals surface area contributed by atoms with E-state index in [2.05, 4.69) is 10.3 Å². The molecule has 1 aromatic heterocycles. The summed E-state index contributed by atoms with van der Waals surface area (Å²) in [6, 6.07) is 10.5. The number of rotatable bonds is 10. The fourth-order valence-electron chi connectivity index (χ4n) is 3.54. The Morgan fingerprint density at radius 3 is 2.20 bits per heavy atom. The summed E-state index contributed by atoms with van der Waals surface area (Å²) in [7, 11) is -7.43. The Bertz CT molecular complexity index is 1430. The van der Waals surface area contributed by atoms with Gasteiger partial charge in [0.1, 0.15) is 0 Å². The summed E-state index contributed by atoms with van der Waals surface area (Å²) >= 11 is 1.25. The lowest BCUT2D eigenvalue weighted by atomic mass is 10.3. The normalized spacial score (nSPS) is 13.3. The number of imidazole rings is 1. The number of benzene rings is 2. The summed E-state index contributed by atoms with van der Waals surface area (Å²) in [5.41, 5.74) is 1.75.